The summed E-state index contributed by atoms with van der Waals surface area (Å²) in [5, 5.41) is 0.479. The van der Waals surface area contributed by atoms with Crippen LogP contribution in [0.1, 0.15) is 11.3 Å². The van der Waals surface area contributed by atoms with Crippen molar-refractivity contribution < 1.29 is 9.47 Å². The van der Waals surface area contributed by atoms with Gasteiger partial charge in [-0.3, -0.25) is 4.79 Å². The van der Waals surface area contributed by atoms with Crippen molar-refractivity contribution in [1.82, 2.24) is 9.97 Å². The van der Waals surface area contributed by atoms with Crippen LogP contribution >= 0.6 is 11.6 Å². The number of nitrogens with one attached hydrogen (secondary N) is 1. The Morgan fingerprint density at radius 1 is 1.12 bits per heavy atom. The number of aromatic amines is 1. The van der Waals surface area contributed by atoms with Crippen molar-refractivity contribution in [1.29, 1.82) is 0 Å². The molecular formula is C18H13ClN2O3. The van der Waals surface area contributed by atoms with Crippen LogP contribution in [0.5, 0.6) is 11.5 Å². The quantitative estimate of drug-likeness (QED) is 0.775. The van der Waals surface area contributed by atoms with E-state index in [-0.39, 0.29) is 5.56 Å². The van der Waals surface area contributed by atoms with E-state index in [2.05, 4.69) is 9.97 Å². The lowest BCUT2D eigenvalue weighted by Gasteiger charge is -2.19. The first-order valence-corrected chi connectivity index (χ1v) is 7.85. The topological polar surface area (TPSA) is 64.2 Å². The zero-order chi connectivity index (χ0) is 16.5. The normalized spacial score (nSPS) is 13.5. The zero-order valence-corrected chi connectivity index (χ0v) is 13.3. The minimum absolute atomic E-state index is 0.242. The molecule has 0 bridgehead atoms. The fraction of sp³-hybridized carbons (Fsp3) is 0.111. The Hall–Kier alpha value is -2.79. The molecule has 2 aromatic carbocycles. The Labute approximate surface area is 142 Å². The van der Waals surface area contributed by atoms with Gasteiger partial charge in [-0.2, -0.15) is 0 Å². The number of ether oxygens (including phenoxy) is 2. The molecular weight excluding hydrogens is 328 g/mol. The van der Waals surface area contributed by atoms with Gasteiger partial charge < -0.3 is 14.5 Å². The number of rotatable bonds is 2. The predicted molar refractivity (Wildman–Crippen MR) is 93.7 cm³/mol. The van der Waals surface area contributed by atoms with Gasteiger partial charge in [0.15, 0.2) is 11.5 Å². The lowest BCUT2D eigenvalue weighted by Crippen LogP contribution is -2.15. The summed E-state index contributed by atoms with van der Waals surface area (Å²) in [6.45, 7) is 0.973. The van der Waals surface area contributed by atoms with Gasteiger partial charge in [-0.1, -0.05) is 29.8 Å². The number of nitrogens with zero attached hydrogens (tertiary/aromatic N) is 1. The molecule has 0 radical (unpaired) electrons. The standard InChI is InChI=1S/C18H13ClN2O3/c19-12-9-11(10-16-17(12)24-8-7-23-16)5-6-15-18(22)21-14-4-2-1-3-13(14)20-15/h1-6,9-10H,7-8H2,(H,21,22)/b6-5+. The van der Waals surface area contributed by atoms with Gasteiger partial charge in [0.1, 0.15) is 18.9 Å². The molecule has 0 amide bonds. The van der Waals surface area contributed by atoms with Gasteiger partial charge in [0.05, 0.1) is 16.1 Å². The summed E-state index contributed by atoms with van der Waals surface area (Å²) < 4.78 is 11.0. The van der Waals surface area contributed by atoms with Crippen molar-refractivity contribution in [2.24, 2.45) is 0 Å². The second kappa shape index (κ2) is 6.02. The average molecular weight is 341 g/mol. The van der Waals surface area contributed by atoms with E-state index in [4.69, 9.17) is 21.1 Å². The summed E-state index contributed by atoms with van der Waals surface area (Å²) in [6, 6.07) is 11.0. The Balaban J connectivity index is 1.71. The molecule has 6 heteroatoms. The van der Waals surface area contributed by atoms with Crippen LogP contribution < -0.4 is 15.0 Å². The average Bonchev–Trinajstić information content (AvgIpc) is 2.60. The molecule has 5 nitrogen and oxygen atoms in total. The number of halogens is 1. The van der Waals surface area contributed by atoms with Crippen molar-refractivity contribution in [2.75, 3.05) is 13.2 Å². The predicted octanol–water partition coefficient (Wildman–Crippen LogP) is 3.52. The summed E-state index contributed by atoms with van der Waals surface area (Å²) in [4.78, 5) is 19.3. The minimum Gasteiger partial charge on any atom is -0.486 e. The van der Waals surface area contributed by atoms with Crippen molar-refractivity contribution in [3.63, 3.8) is 0 Å². The van der Waals surface area contributed by atoms with Gasteiger partial charge in [0.2, 0.25) is 0 Å². The first-order valence-electron chi connectivity index (χ1n) is 7.47. The van der Waals surface area contributed by atoms with E-state index in [1.807, 2.05) is 30.3 Å². The highest BCUT2D eigenvalue weighted by Crippen LogP contribution is 2.38. The number of H-pyrrole nitrogens is 1. The molecule has 3 aromatic rings. The van der Waals surface area contributed by atoms with Crippen LogP contribution in [0.3, 0.4) is 0 Å². The van der Waals surface area contributed by atoms with Crippen LogP contribution in [0, 0.1) is 0 Å². The number of aromatic nitrogens is 2. The third-order valence-corrected chi connectivity index (χ3v) is 3.96. The molecule has 1 N–H and O–H groups in total. The molecule has 1 aromatic heterocycles. The van der Waals surface area contributed by atoms with Crippen molar-refractivity contribution in [2.45, 2.75) is 0 Å². The summed E-state index contributed by atoms with van der Waals surface area (Å²) in [6.07, 6.45) is 3.43. The lowest BCUT2D eigenvalue weighted by atomic mass is 10.1. The summed E-state index contributed by atoms with van der Waals surface area (Å²) in [5.74, 6) is 1.16. The first kappa shape index (κ1) is 14.8. The lowest BCUT2D eigenvalue weighted by molar-refractivity contribution is 0.171. The highest BCUT2D eigenvalue weighted by Gasteiger charge is 2.15. The van der Waals surface area contributed by atoms with E-state index in [9.17, 15) is 4.79 Å². The van der Waals surface area contributed by atoms with E-state index in [1.54, 1.807) is 18.2 Å². The minimum atomic E-state index is -0.242. The van der Waals surface area contributed by atoms with Crippen LogP contribution in [-0.2, 0) is 0 Å². The van der Waals surface area contributed by atoms with Crippen molar-refractivity contribution >= 4 is 34.8 Å². The Morgan fingerprint density at radius 2 is 1.96 bits per heavy atom. The Morgan fingerprint density at radius 3 is 2.88 bits per heavy atom. The van der Waals surface area contributed by atoms with Crippen molar-refractivity contribution in [3.05, 3.63) is 63.0 Å². The molecule has 0 aliphatic carbocycles. The number of hydrogen-bond donors (Lipinski definition) is 1. The van der Waals surface area contributed by atoms with Crippen LogP contribution in [0.15, 0.2) is 41.2 Å². The maximum Gasteiger partial charge on any atom is 0.274 e. The third-order valence-electron chi connectivity index (χ3n) is 3.68. The molecule has 120 valence electrons. The van der Waals surface area contributed by atoms with Crippen LogP contribution in [-0.4, -0.2) is 23.2 Å². The van der Waals surface area contributed by atoms with E-state index < -0.39 is 0 Å². The van der Waals surface area contributed by atoms with E-state index in [0.717, 1.165) is 11.1 Å². The molecule has 4 rings (SSSR count). The molecule has 24 heavy (non-hydrogen) atoms. The first-order chi connectivity index (χ1) is 11.7. The number of fused-ring (bicyclic) bond motifs is 2. The largest absolute Gasteiger partial charge is 0.486 e. The zero-order valence-electron chi connectivity index (χ0n) is 12.6. The monoisotopic (exact) mass is 340 g/mol. The molecule has 1 aliphatic heterocycles. The summed E-state index contributed by atoms with van der Waals surface area (Å²) in [5.41, 5.74) is 2.34. The SMILES string of the molecule is O=c1[nH]c2ccccc2nc1/C=C/c1cc(Cl)c2c(c1)OCCO2. The molecule has 0 fully saturated rings. The van der Waals surface area contributed by atoms with Crippen LogP contribution in [0.4, 0.5) is 0 Å². The van der Waals surface area contributed by atoms with Crippen LogP contribution in [0.2, 0.25) is 5.02 Å². The van der Waals surface area contributed by atoms with E-state index in [0.29, 0.717) is 40.9 Å². The van der Waals surface area contributed by atoms with E-state index >= 15 is 0 Å². The highest BCUT2D eigenvalue weighted by atomic mass is 35.5. The van der Waals surface area contributed by atoms with E-state index in [1.165, 1.54) is 0 Å². The van der Waals surface area contributed by atoms with Gasteiger partial charge in [-0.25, -0.2) is 4.98 Å². The maximum atomic E-state index is 12.1. The maximum absolute atomic E-state index is 12.1. The third kappa shape index (κ3) is 2.74. The number of benzene rings is 2. The number of hydrogen-bond acceptors (Lipinski definition) is 4. The summed E-state index contributed by atoms with van der Waals surface area (Å²) >= 11 is 6.22. The molecule has 0 unspecified atom stereocenters. The highest BCUT2D eigenvalue weighted by molar-refractivity contribution is 6.32. The van der Waals surface area contributed by atoms with Gasteiger partial charge in [-0.15, -0.1) is 0 Å². The molecule has 0 atom stereocenters. The van der Waals surface area contributed by atoms with Gasteiger partial charge in [0.25, 0.3) is 5.56 Å². The molecule has 1 aliphatic rings. The summed E-state index contributed by atoms with van der Waals surface area (Å²) in [7, 11) is 0. The number of para-hydroxylation sites is 2. The molecule has 0 spiro atoms. The van der Waals surface area contributed by atoms with Crippen LogP contribution in [0.25, 0.3) is 23.2 Å². The van der Waals surface area contributed by atoms with Gasteiger partial charge in [-0.05, 0) is 35.9 Å². The second-order valence-electron chi connectivity index (χ2n) is 5.33. The smallest absolute Gasteiger partial charge is 0.274 e. The second-order valence-corrected chi connectivity index (χ2v) is 5.74. The van der Waals surface area contributed by atoms with Crippen molar-refractivity contribution in [3.8, 4) is 11.5 Å². The Bertz CT molecular complexity index is 1010. The Kier molecular flexibility index (Phi) is 3.70. The van der Waals surface area contributed by atoms with Gasteiger partial charge >= 0.3 is 0 Å². The van der Waals surface area contributed by atoms with Gasteiger partial charge in [0, 0.05) is 0 Å². The molecule has 0 saturated heterocycles. The molecule has 0 saturated carbocycles. The molecule has 2 heterocycles. The fourth-order valence-corrected chi connectivity index (χ4v) is 2.83. The fourth-order valence-electron chi connectivity index (χ4n) is 2.56.